The summed E-state index contributed by atoms with van der Waals surface area (Å²) in [6.07, 6.45) is 3.36. The van der Waals surface area contributed by atoms with Gasteiger partial charge in [-0.3, -0.25) is 4.79 Å². The van der Waals surface area contributed by atoms with Crippen LogP contribution in [-0.4, -0.2) is 39.4 Å². The molecule has 0 saturated heterocycles. The van der Waals surface area contributed by atoms with Crippen LogP contribution in [0.3, 0.4) is 0 Å². The highest BCUT2D eigenvalue weighted by atomic mass is 35.5. The zero-order valence-corrected chi connectivity index (χ0v) is 15.1. The maximum atomic E-state index is 12.2. The molecular formula is C16H23ClN2O3S. The molecule has 0 unspecified atom stereocenters. The van der Waals surface area contributed by atoms with Crippen LogP contribution < -0.4 is 10.2 Å². The normalized spacial score (nSPS) is 15.6. The lowest BCUT2D eigenvalue weighted by molar-refractivity contribution is -0.115. The van der Waals surface area contributed by atoms with Crippen molar-refractivity contribution in [3.8, 4) is 0 Å². The van der Waals surface area contributed by atoms with Crippen LogP contribution >= 0.6 is 11.6 Å². The molecule has 0 aliphatic heterocycles. The number of carbonyl (C=O) groups excluding carboxylic acids is 1. The number of rotatable bonds is 6. The molecular weight excluding hydrogens is 336 g/mol. The lowest BCUT2D eigenvalue weighted by atomic mass is 10.2. The van der Waals surface area contributed by atoms with E-state index in [0.29, 0.717) is 10.7 Å². The van der Waals surface area contributed by atoms with Crippen LogP contribution in [-0.2, 0) is 14.6 Å². The Bertz CT molecular complexity index is 668. The van der Waals surface area contributed by atoms with E-state index >= 15 is 0 Å². The van der Waals surface area contributed by atoms with E-state index < -0.39 is 9.84 Å². The van der Waals surface area contributed by atoms with Gasteiger partial charge in [-0.25, -0.2) is 8.42 Å². The van der Waals surface area contributed by atoms with Crippen LogP contribution in [0.1, 0.15) is 32.1 Å². The van der Waals surface area contributed by atoms with E-state index in [1.54, 1.807) is 12.1 Å². The highest BCUT2D eigenvalue weighted by molar-refractivity contribution is 7.92. The molecule has 0 heterocycles. The van der Waals surface area contributed by atoms with E-state index in [0.717, 1.165) is 31.4 Å². The fourth-order valence-corrected chi connectivity index (χ4v) is 5.02. The quantitative estimate of drug-likeness (QED) is 0.848. The standard InChI is InChI=1S/C16H23ClN2O3S/c1-19(2)15-8-7-12(11-14(15)17)18-16(20)9-10-23(21,22)13-5-3-4-6-13/h7-8,11,13H,3-6,9-10H2,1-2H3,(H,18,20). The monoisotopic (exact) mass is 358 g/mol. The van der Waals surface area contributed by atoms with Crippen LogP contribution in [0, 0.1) is 0 Å². The van der Waals surface area contributed by atoms with E-state index in [1.807, 2.05) is 25.1 Å². The van der Waals surface area contributed by atoms with Gasteiger partial charge in [0.2, 0.25) is 5.91 Å². The average Bonchev–Trinajstić information content (AvgIpc) is 3.00. The molecule has 23 heavy (non-hydrogen) atoms. The summed E-state index contributed by atoms with van der Waals surface area (Å²) in [5.74, 6) is -0.396. The Morgan fingerprint density at radius 3 is 2.52 bits per heavy atom. The first kappa shape index (κ1) is 18.1. The Morgan fingerprint density at radius 2 is 1.96 bits per heavy atom. The van der Waals surface area contributed by atoms with Gasteiger partial charge in [0.1, 0.15) is 0 Å². The zero-order valence-electron chi connectivity index (χ0n) is 13.5. The van der Waals surface area contributed by atoms with Crippen LogP contribution in [0.25, 0.3) is 0 Å². The van der Waals surface area contributed by atoms with Gasteiger partial charge in [0.25, 0.3) is 0 Å². The van der Waals surface area contributed by atoms with Gasteiger partial charge in [0.05, 0.1) is 21.7 Å². The highest BCUT2D eigenvalue weighted by Gasteiger charge is 2.28. The fraction of sp³-hybridized carbons (Fsp3) is 0.562. The van der Waals surface area contributed by atoms with Crippen molar-refractivity contribution in [1.82, 2.24) is 0 Å². The van der Waals surface area contributed by atoms with Gasteiger partial charge >= 0.3 is 0 Å². The maximum Gasteiger partial charge on any atom is 0.225 e. The van der Waals surface area contributed by atoms with Crippen molar-refractivity contribution in [3.63, 3.8) is 0 Å². The van der Waals surface area contributed by atoms with Crippen molar-refractivity contribution in [3.05, 3.63) is 23.2 Å². The van der Waals surface area contributed by atoms with Crippen molar-refractivity contribution in [1.29, 1.82) is 0 Å². The second-order valence-electron chi connectivity index (χ2n) is 6.13. The minimum atomic E-state index is -3.17. The van der Waals surface area contributed by atoms with Crippen molar-refractivity contribution in [2.75, 3.05) is 30.1 Å². The Morgan fingerprint density at radius 1 is 1.30 bits per heavy atom. The Kier molecular flexibility index (Phi) is 5.92. The number of hydrogen-bond donors (Lipinski definition) is 1. The lowest BCUT2D eigenvalue weighted by Crippen LogP contribution is -2.24. The maximum absolute atomic E-state index is 12.2. The SMILES string of the molecule is CN(C)c1ccc(NC(=O)CCS(=O)(=O)C2CCCC2)cc1Cl. The second kappa shape index (κ2) is 7.53. The summed E-state index contributed by atoms with van der Waals surface area (Å²) in [6.45, 7) is 0. The largest absolute Gasteiger partial charge is 0.376 e. The number of carbonyl (C=O) groups is 1. The predicted octanol–water partition coefficient (Wildman–Crippen LogP) is 3.09. The zero-order chi connectivity index (χ0) is 17.0. The number of benzene rings is 1. The molecule has 1 N–H and O–H groups in total. The van der Waals surface area contributed by atoms with Gasteiger partial charge in [-0.05, 0) is 31.0 Å². The number of hydrogen-bond acceptors (Lipinski definition) is 4. The van der Waals surface area contributed by atoms with Crippen LogP contribution in [0.5, 0.6) is 0 Å². The Labute approximate surface area is 142 Å². The van der Waals surface area contributed by atoms with Crippen molar-refractivity contribution < 1.29 is 13.2 Å². The van der Waals surface area contributed by atoms with Crippen LogP contribution in [0.2, 0.25) is 5.02 Å². The molecule has 1 amide bonds. The molecule has 2 rings (SSSR count). The molecule has 0 spiro atoms. The van der Waals surface area contributed by atoms with Crippen molar-refractivity contribution in [2.24, 2.45) is 0 Å². The molecule has 1 fully saturated rings. The molecule has 5 nitrogen and oxygen atoms in total. The molecule has 1 saturated carbocycles. The van der Waals surface area contributed by atoms with Gasteiger partial charge in [-0.1, -0.05) is 24.4 Å². The van der Waals surface area contributed by atoms with E-state index in [4.69, 9.17) is 11.6 Å². The number of halogens is 1. The van der Waals surface area contributed by atoms with Gasteiger partial charge in [0, 0.05) is 26.2 Å². The molecule has 1 aliphatic carbocycles. The minimum absolute atomic E-state index is 0.0219. The summed E-state index contributed by atoms with van der Waals surface area (Å²) in [6, 6.07) is 5.23. The van der Waals surface area contributed by atoms with Gasteiger partial charge in [0.15, 0.2) is 9.84 Å². The van der Waals surface area contributed by atoms with Crippen LogP contribution in [0.4, 0.5) is 11.4 Å². The van der Waals surface area contributed by atoms with Gasteiger partial charge in [-0.15, -0.1) is 0 Å². The Hall–Kier alpha value is -1.27. The summed E-state index contributed by atoms with van der Waals surface area (Å²) in [5, 5.41) is 2.98. The highest BCUT2D eigenvalue weighted by Crippen LogP contribution is 2.28. The first-order valence-electron chi connectivity index (χ1n) is 7.78. The lowest BCUT2D eigenvalue weighted by Gasteiger charge is -2.15. The summed E-state index contributed by atoms with van der Waals surface area (Å²) in [5.41, 5.74) is 1.43. The summed E-state index contributed by atoms with van der Waals surface area (Å²) in [4.78, 5) is 13.9. The van der Waals surface area contributed by atoms with Gasteiger partial charge in [-0.2, -0.15) is 0 Å². The molecule has 1 aromatic rings. The van der Waals surface area contributed by atoms with E-state index in [2.05, 4.69) is 5.32 Å². The third kappa shape index (κ3) is 4.85. The number of sulfone groups is 1. The molecule has 1 aromatic carbocycles. The summed E-state index contributed by atoms with van der Waals surface area (Å²) < 4.78 is 24.3. The van der Waals surface area contributed by atoms with Gasteiger partial charge < -0.3 is 10.2 Å². The molecule has 1 aliphatic rings. The van der Waals surface area contributed by atoms with E-state index in [-0.39, 0.29) is 23.3 Å². The smallest absolute Gasteiger partial charge is 0.225 e. The third-order valence-corrected chi connectivity index (χ3v) is 6.70. The summed E-state index contributed by atoms with van der Waals surface area (Å²) in [7, 11) is 0.598. The first-order valence-corrected chi connectivity index (χ1v) is 9.87. The van der Waals surface area contributed by atoms with Crippen molar-refractivity contribution >= 4 is 38.7 Å². The van der Waals surface area contributed by atoms with E-state index in [9.17, 15) is 13.2 Å². The average molecular weight is 359 g/mol. The molecule has 128 valence electrons. The Balaban J connectivity index is 1.91. The molecule has 7 heteroatoms. The minimum Gasteiger partial charge on any atom is -0.376 e. The fourth-order valence-electron chi connectivity index (χ4n) is 2.82. The number of nitrogens with one attached hydrogen (secondary N) is 1. The van der Waals surface area contributed by atoms with Crippen LogP contribution in [0.15, 0.2) is 18.2 Å². The van der Waals surface area contributed by atoms with Crippen molar-refractivity contribution in [2.45, 2.75) is 37.4 Å². The number of nitrogens with zero attached hydrogens (tertiary/aromatic N) is 1. The number of anilines is 2. The number of amides is 1. The predicted molar refractivity (Wildman–Crippen MR) is 95.1 cm³/mol. The molecule has 0 aromatic heterocycles. The molecule has 0 atom stereocenters. The van der Waals surface area contributed by atoms with E-state index in [1.165, 1.54) is 0 Å². The second-order valence-corrected chi connectivity index (χ2v) is 8.94. The first-order chi connectivity index (χ1) is 10.8. The molecule has 0 bridgehead atoms. The summed E-state index contributed by atoms with van der Waals surface area (Å²) >= 11 is 6.15. The topological polar surface area (TPSA) is 66.5 Å². The third-order valence-electron chi connectivity index (χ3n) is 4.14. The molecule has 0 radical (unpaired) electrons.